The molecule has 24 heavy (non-hydrogen) atoms. The zero-order valence-electron chi connectivity index (χ0n) is 13.0. The van der Waals surface area contributed by atoms with Crippen molar-refractivity contribution in [1.29, 1.82) is 0 Å². The summed E-state index contributed by atoms with van der Waals surface area (Å²) >= 11 is 4.26. The monoisotopic (exact) mass is 344 g/mol. The molecule has 0 aliphatic rings. The van der Waals surface area contributed by atoms with E-state index in [1.165, 1.54) is 43.8 Å². The Morgan fingerprint density at radius 3 is 1.54 bits per heavy atom. The Balaban J connectivity index is 1.92. The minimum atomic E-state index is 1.16. The first-order valence-corrected chi connectivity index (χ1v) is 9.73. The summed E-state index contributed by atoms with van der Waals surface area (Å²) in [6.45, 7) is 0. The van der Waals surface area contributed by atoms with Gasteiger partial charge in [-0.15, -0.1) is 11.7 Å². The molecule has 0 atom stereocenters. The molecule has 0 spiro atoms. The van der Waals surface area contributed by atoms with E-state index >= 15 is 0 Å². The van der Waals surface area contributed by atoms with Gasteiger partial charge in [0, 0.05) is 4.90 Å². The SMILES string of the molecule is SSc1ccc(-c2ccc(-c3ccccc3)c3ccccc23)cc1. The largest absolute Gasteiger partial charge is 0.106 e. The lowest BCUT2D eigenvalue weighted by Crippen LogP contribution is -1.86. The fourth-order valence-electron chi connectivity index (χ4n) is 3.12. The van der Waals surface area contributed by atoms with Gasteiger partial charge in [0.05, 0.1) is 0 Å². The fraction of sp³-hybridized carbons (Fsp3) is 0. The molecule has 0 N–H and O–H groups in total. The van der Waals surface area contributed by atoms with Crippen LogP contribution in [0.3, 0.4) is 0 Å². The van der Waals surface area contributed by atoms with Gasteiger partial charge >= 0.3 is 0 Å². The first kappa shape index (κ1) is 15.4. The van der Waals surface area contributed by atoms with Crippen molar-refractivity contribution in [2.45, 2.75) is 4.90 Å². The first-order chi connectivity index (χ1) is 11.9. The number of rotatable bonds is 3. The summed E-state index contributed by atoms with van der Waals surface area (Å²) in [6.07, 6.45) is 0. The molecule has 0 amide bonds. The van der Waals surface area contributed by atoms with Crippen LogP contribution in [0.4, 0.5) is 0 Å². The Morgan fingerprint density at radius 1 is 0.500 bits per heavy atom. The summed E-state index contributed by atoms with van der Waals surface area (Å²) in [7, 11) is 1.47. The van der Waals surface area contributed by atoms with Crippen molar-refractivity contribution >= 4 is 33.2 Å². The van der Waals surface area contributed by atoms with E-state index in [-0.39, 0.29) is 0 Å². The number of thiol groups is 1. The summed E-state index contributed by atoms with van der Waals surface area (Å²) in [6, 6.07) is 32.2. The van der Waals surface area contributed by atoms with E-state index in [9.17, 15) is 0 Å². The maximum atomic E-state index is 4.26. The number of fused-ring (bicyclic) bond motifs is 1. The van der Waals surface area contributed by atoms with E-state index in [1.54, 1.807) is 0 Å². The van der Waals surface area contributed by atoms with E-state index < -0.39 is 0 Å². The lowest BCUT2D eigenvalue weighted by Gasteiger charge is -2.12. The summed E-state index contributed by atoms with van der Waals surface area (Å²) in [5, 5.41) is 2.57. The van der Waals surface area contributed by atoms with Gasteiger partial charge in [0.1, 0.15) is 0 Å². The molecule has 0 saturated heterocycles. The number of hydrogen-bond acceptors (Lipinski definition) is 2. The number of benzene rings is 4. The highest BCUT2D eigenvalue weighted by atomic mass is 33.1. The van der Waals surface area contributed by atoms with Gasteiger partial charge in [0.25, 0.3) is 0 Å². The molecule has 0 nitrogen and oxygen atoms in total. The second-order valence-corrected chi connectivity index (χ2v) is 6.89. The standard InChI is InChI=1S/C22H16S2/c23-24-18-12-10-17(11-13-18)20-15-14-19(16-6-2-1-3-7-16)21-8-4-5-9-22(20)21/h1-15,23H. The first-order valence-electron chi connectivity index (χ1n) is 7.86. The van der Waals surface area contributed by atoms with Crippen molar-refractivity contribution in [2.75, 3.05) is 0 Å². The third-order valence-corrected chi connectivity index (χ3v) is 5.40. The lowest BCUT2D eigenvalue weighted by molar-refractivity contribution is 1.47. The van der Waals surface area contributed by atoms with Crippen molar-refractivity contribution < 1.29 is 0 Å². The predicted molar refractivity (Wildman–Crippen MR) is 110 cm³/mol. The molecule has 4 rings (SSSR count). The second-order valence-electron chi connectivity index (χ2n) is 5.69. The molecule has 116 valence electrons. The molecule has 0 aromatic heterocycles. The zero-order chi connectivity index (χ0) is 16.4. The zero-order valence-corrected chi connectivity index (χ0v) is 14.7. The molecule has 4 aromatic carbocycles. The summed E-state index contributed by atoms with van der Waals surface area (Å²) in [5.74, 6) is 0. The molecule has 0 fully saturated rings. The average molecular weight is 345 g/mol. The molecule has 0 heterocycles. The smallest absolute Gasteiger partial charge is 0.0180 e. The highest BCUT2D eigenvalue weighted by Crippen LogP contribution is 2.36. The molecule has 0 saturated carbocycles. The Kier molecular flexibility index (Phi) is 4.33. The lowest BCUT2D eigenvalue weighted by atomic mass is 9.92. The third-order valence-electron chi connectivity index (χ3n) is 4.28. The van der Waals surface area contributed by atoms with Crippen LogP contribution in [0.25, 0.3) is 33.0 Å². The van der Waals surface area contributed by atoms with E-state index in [2.05, 4.69) is 103 Å². The maximum absolute atomic E-state index is 4.26. The second kappa shape index (κ2) is 6.76. The van der Waals surface area contributed by atoms with Gasteiger partial charge < -0.3 is 0 Å². The fourth-order valence-corrected chi connectivity index (χ4v) is 3.74. The van der Waals surface area contributed by atoms with Crippen LogP contribution in [0.1, 0.15) is 0 Å². The summed E-state index contributed by atoms with van der Waals surface area (Å²) < 4.78 is 0. The van der Waals surface area contributed by atoms with E-state index in [4.69, 9.17) is 0 Å². The molecule has 0 aliphatic heterocycles. The van der Waals surface area contributed by atoms with E-state index in [1.807, 2.05) is 0 Å². The minimum Gasteiger partial charge on any atom is -0.106 e. The van der Waals surface area contributed by atoms with Crippen LogP contribution >= 0.6 is 22.5 Å². The summed E-state index contributed by atoms with van der Waals surface area (Å²) in [5.41, 5.74) is 5.03. The van der Waals surface area contributed by atoms with Crippen LogP contribution in [0.15, 0.2) is 95.9 Å². The van der Waals surface area contributed by atoms with Gasteiger partial charge in [-0.2, -0.15) is 0 Å². The highest BCUT2D eigenvalue weighted by molar-refractivity contribution is 8.68. The third kappa shape index (κ3) is 2.83. The normalized spacial score (nSPS) is 10.9. The summed E-state index contributed by atoms with van der Waals surface area (Å²) in [4.78, 5) is 1.16. The quantitative estimate of drug-likeness (QED) is 0.305. The molecule has 0 bridgehead atoms. The Hall–Kier alpha value is -2.16. The van der Waals surface area contributed by atoms with Gasteiger partial charge in [-0.1, -0.05) is 89.7 Å². The van der Waals surface area contributed by atoms with E-state index in [0.29, 0.717) is 0 Å². The molecule has 0 aliphatic carbocycles. The molecule has 2 heteroatoms. The maximum Gasteiger partial charge on any atom is 0.0180 e. The molecule has 0 radical (unpaired) electrons. The topological polar surface area (TPSA) is 0 Å². The average Bonchev–Trinajstić information content (AvgIpc) is 2.68. The Labute approximate surface area is 151 Å². The number of hydrogen-bond donors (Lipinski definition) is 1. The van der Waals surface area contributed by atoms with Crippen molar-refractivity contribution in [1.82, 2.24) is 0 Å². The van der Waals surface area contributed by atoms with Gasteiger partial charge in [-0.25, -0.2) is 0 Å². The predicted octanol–water partition coefficient (Wildman–Crippen LogP) is 7.11. The van der Waals surface area contributed by atoms with Crippen LogP contribution in [0, 0.1) is 0 Å². The minimum absolute atomic E-state index is 1.16. The van der Waals surface area contributed by atoms with Gasteiger partial charge in [0.15, 0.2) is 0 Å². The molecular formula is C22H16S2. The van der Waals surface area contributed by atoms with Crippen LogP contribution in [-0.4, -0.2) is 0 Å². The van der Waals surface area contributed by atoms with Crippen molar-refractivity contribution in [3.63, 3.8) is 0 Å². The van der Waals surface area contributed by atoms with Gasteiger partial charge in [-0.05, 0) is 45.2 Å². The molecule has 0 unspecified atom stereocenters. The van der Waals surface area contributed by atoms with Crippen molar-refractivity contribution in [2.24, 2.45) is 0 Å². The van der Waals surface area contributed by atoms with Crippen LogP contribution in [0.5, 0.6) is 0 Å². The van der Waals surface area contributed by atoms with Gasteiger partial charge in [0.2, 0.25) is 0 Å². The van der Waals surface area contributed by atoms with Crippen LogP contribution in [-0.2, 0) is 0 Å². The molecule has 4 aromatic rings. The van der Waals surface area contributed by atoms with Crippen LogP contribution < -0.4 is 0 Å². The van der Waals surface area contributed by atoms with Crippen molar-refractivity contribution in [3.8, 4) is 22.3 Å². The van der Waals surface area contributed by atoms with E-state index in [0.717, 1.165) is 4.90 Å². The highest BCUT2D eigenvalue weighted by Gasteiger charge is 2.09. The van der Waals surface area contributed by atoms with Crippen LogP contribution in [0.2, 0.25) is 0 Å². The van der Waals surface area contributed by atoms with Gasteiger partial charge in [-0.3, -0.25) is 0 Å². The molecular weight excluding hydrogens is 328 g/mol. The Morgan fingerprint density at radius 2 is 1.00 bits per heavy atom. The Bertz CT molecular complexity index is 974. The van der Waals surface area contributed by atoms with Crippen molar-refractivity contribution in [3.05, 3.63) is 91.0 Å².